The Labute approximate surface area is 132 Å². The van der Waals surface area contributed by atoms with Gasteiger partial charge < -0.3 is 19.4 Å². The van der Waals surface area contributed by atoms with Crippen LogP contribution in [0.25, 0.3) is 11.0 Å². The number of ether oxygens (including phenoxy) is 2. The molecule has 0 aliphatic carbocycles. The Kier molecular flexibility index (Phi) is 3.15. The molecule has 6 heteroatoms. The number of carbonyl (C=O) groups is 1. The van der Waals surface area contributed by atoms with Crippen LogP contribution in [-0.4, -0.2) is 28.7 Å². The lowest BCUT2D eigenvalue weighted by Gasteiger charge is -2.19. The van der Waals surface area contributed by atoms with Crippen LogP contribution in [0.3, 0.4) is 0 Å². The van der Waals surface area contributed by atoms with E-state index in [0.29, 0.717) is 36.0 Å². The molecule has 2 heterocycles. The highest BCUT2D eigenvalue weighted by atomic mass is 16.6. The fourth-order valence-electron chi connectivity index (χ4n) is 2.60. The predicted molar refractivity (Wildman–Crippen MR) is 86.1 cm³/mol. The summed E-state index contributed by atoms with van der Waals surface area (Å²) in [4.78, 5) is 16.7. The maximum Gasteiger partial charge on any atom is 0.255 e. The Hall–Kier alpha value is -3.02. The Balaban J connectivity index is 1.58. The van der Waals surface area contributed by atoms with Crippen LogP contribution < -0.4 is 14.8 Å². The third-order valence-electron chi connectivity index (χ3n) is 3.79. The SMILES string of the molecule is Cn1cnc2cc(C(=O)Nc3ccc4c(c3)OCCO4)ccc21. The summed E-state index contributed by atoms with van der Waals surface area (Å²) >= 11 is 0. The molecule has 6 nitrogen and oxygen atoms in total. The monoisotopic (exact) mass is 309 g/mol. The molecular formula is C17H15N3O3. The normalized spacial score (nSPS) is 13.1. The van der Waals surface area contributed by atoms with E-state index >= 15 is 0 Å². The number of aromatic nitrogens is 2. The molecule has 23 heavy (non-hydrogen) atoms. The molecule has 3 aromatic rings. The number of fused-ring (bicyclic) bond motifs is 2. The summed E-state index contributed by atoms with van der Waals surface area (Å²) in [5, 5.41) is 2.87. The van der Waals surface area contributed by atoms with Crippen molar-refractivity contribution in [2.75, 3.05) is 18.5 Å². The van der Waals surface area contributed by atoms with Gasteiger partial charge in [-0.2, -0.15) is 0 Å². The topological polar surface area (TPSA) is 65.4 Å². The van der Waals surface area contributed by atoms with E-state index in [1.165, 1.54) is 0 Å². The van der Waals surface area contributed by atoms with Gasteiger partial charge in [0.25, 0.3) is 5.91 Å². The molecule has 2 aromatic carbocycles. The molecule has 0 bridgehead atoms. The zero-order chi connectivity index (χ0) is 15.8. The number of carbonyl (C=O) groups excluding carboxylic acids is 1. The number of hydrogen-bond donors (Lipinski definition) is 1. The molecule has 1 aliphatic rings. The molecule has 0 atom stereocenters. The zero-order valence-electron chi connectivity index (χ0n) is 12.6. The maximum atomic E-state index is 12.4. The maximum absolute atomic E-state index is 12.4. The van der Waals surface area contributed by atoms with Gasteiger partial charge in [0.2, 0.25) is 0 Å². The molecule has 0 spiro atoms. The van der Waals surface area contributed by atoms with Crippen molar-refractivity contribution in [1.29, 1.82) is 0 Å². The van der Waals surface area contributed by atoms with Crippen molar-refractivity contribution >= 4 is 22.6 Å². The Morgan fingerprint density at radius 2 is 1.96 bits per heavy atom. The lowest BCUT2D eigenvalue weighted by Crippen LogP contribution is -2.16. The molecular weight excluding hydrogens is 294 g/mol. The molecule has 1 N–H and O–H groups in total. The number of imidazole rings is 1. The molecule has 4 rings (SSSR count). The van der Waals surface area contributed by atoms with Crippen molar-refractivity contribution in [2.24, 2.45) is 7.05 Å². The molecule has 0 fully saturated rings. The number of nitrogens with zero attached hydrogens (tertiary/aromatic N) is 2. The van der Waals surface area contributed by atoms with Crippen LogP contribution in [0, 0.1) is 0 Å². The second kappa shape index (κ2) is 5.31. The Morgan fingerprint density at radius 3 is 2.83 bits per heavy atom. The summed E-state index contributed by atoms with van der Waals surface area (Å²) in [5.74, 6) is 1.16. The van der Waals surface area contributed by atoms with E-state index in [2.05, 4.69) is 10.3 Å². The van der Waals surface area contributed by atoms with Crippen molar-refractivity contribution in [3.8, 4) is 11.5 Å². The Morgan fingerprint density at radius 1 is 1.13 bits per heavy atom. The fraction of sp³-hybridized carbons (Fsp3) is 0.176. The summed E-state index contributed by atoms with van der Waals surface area (Å²) in [6.45, 7) is 1.06. The first-order chi connectivity index (χ1) is 11.2. The van der Waals surface area contributed by atoms with Gasteiger partial charge in [0.05, 0.1) is 17.4 Å². The average Bonchev–Trinajstić information content (AvgIpc) is 2.95. The van der Waals surface area contributed by atoms with E-state index in [1.807, 2.05) is 17.7 Å². The summed E-state index contributed by atoms with van der Waals surface area (Å²) in [7, 11) is 1.92. The number of anilines is 1. The molecule has 0 radical (unpaired) electrons. The van der Waals surface area contributed by atoms with Crippen molar-refractivity contribution in [3.63, 3.8) is 0 Å². The lowest BCUT2D eigenvalue weighted by atomic mass is 10.1. The van der Waals surface area contributed by atoms with E-state index in [4.69, 9.17) is 9.47 Å². The molecule has 1 aromatic heterocycles. The summed E-state index contributed by atoms with van der Waals surface area (Å²) < 4.78 is 12.9. The molecule has 116 valence electrons. The van der Waals surface area contributed by atoms with Crippen molar-refractivity contribution < 1.29 is 14.3 Å². The Bertz CT molecular complexity index is 901. The van der Waals surface area contributed by atoms with Crippen LogP contribution in [0.5, 0.6) is 11.5 Å². The number of nitrogens with one attached hydrogen (secondary N) is 1. The van der Waals surface area contributed by atoms with Gasteiger partial charge in [0.15, 0.2) is 11.5 Å². The van der Waals surface area contributed by atoms with Gasteiger partial charge in [0, 0.05) is 24.4 Å². The largest absolute Gasteiger partial charge is 0.486 e. The number of benzene rings is 2. The molecule has 1 amide bonds. The number of hydrogen-bond acceptors (Lipinski definition) is 4. The second-order valence-electron chi connectivity index (χ2n) is 5.37. The van der Waals surface area contributed by atoms with Crippen LogP contribution in [0.1, 0.15) is 10.4 Å². The predicted octanol–water partition coefficient (Wildman–Crippen LogP) is 2.60. The third kappa shape index (κ3) is 2.48. The van der Waals surface area contributed by atoms with E-state index in [-0.39, 0.29) is 5.91 Å². The highest BCUT2D eigenvalue weighted by Crippen LogP contribution is 2.32. The van der Waals surface area contributed by atoms with Crippen LogP contribution in [0.15, 0.2) is 42.7 Å². The van der Waals surface area contributed by atoms with E-state index < -0.39 is 0 Å². The summed E-state index contributed by atoms with van der Waals surface area (Å²) in [6.07, 6.45) is 1.73. The molecule has 1 aliphatic heterocycles. The van der Waals surface area contributed by atoms with Gasteiger partial charge >= 0.3 is 0 Å². The second-order valence-corrected chi connectivity index (χ2v) is 5.37. The van der Waals surface area contributed by atoms with Crippen molar-refractivity contribution in [3.05, 3.63) is 48.3 Å². The fourth-order valence-corrected chi connectivity index (χ4v) is 2.60. The third-order valence-corrected chi connectivity index (χ3v) is 3.79. The van der Waals surface area contributed by atoms with Gasteiger partial charge in [-0.25, -0.2) is 4.98 Å². The molecule has 0 saturated carbocycles. The smallest absolute Gasteiger partial charge is 0.255 e. The molecule has 0 saturated heterocycles. The van der Waals surface area contributed by atoms with Gasteiger partial charge in [-0.3, -0.25) is 4.79 Å². The van der Waals surface area contributed by atoms with Crippen molar-refractivity contribution in [2.45, 2.75) is 0 Å². The van der Waals surface area contributed by atoms with Crippen LogP contribution >= 0.6 is 0 Å². The minimum absolute atomic E-state index is 0.186. The van der Waals surface area contributed by atoms with E-state index in [0.717, 1.165) is 11.0 Å². The standard InChI is InChI=1S/C17H15N3O3/c1-20-10-18-13-8-11(2-4-14(13)20)17(21)19-12-3-5-15-16(9-12)23-7-6-22-15/h2-5,8-10H,6-7H2,1H3,(H,19,21). The first kappa shape index (κ1) is 13.6. The quantitative estimate of drug-likeness (QED) is 0.790. The minimum atomic E-state index is -0.186. The minimum Gasteiger partial charge on any atom is -0.486 e. The highest BCUT2D eigenvalue weighted by Gasteiger charge is 2.14. The summed E-state index contributed by atoms with van der Waals surface area (Å²) in [6, 6.07) is 10.8. The van der Waals surface area contributed by atoms with Gasteiger partial charge in [0.1, 0.15) is 13.2 Å². The van der Waals surface area contributed by atoms with Crippen LogP contribution in [0.4, 0.5) is 5.69 Å². The van der Waals surface area contributed by atoms with Crippen LogP contribution in [-0.2, 0) is 7.05 Å². The summed E-state index contributed by atoms with van der Waals surface area (Å²) in [5.41, 5.74) is 3.01. The molecule has 0 unspecified atom stereocenters. The lowest BCUT2D eigenvalue weighted by molar-refractivity contribution is 0.102. The number of amides is 1. The number of rotatable bonds is 2. The highest BCUT2D eigenvalue weighted by molar-refractivity contribution is 6.06. The van der Waals surface area contributed by atoms with Gasteiger partial charge in [-0.15, -0.1) is 0 Å². The average molecular weight is 309 g/mol. The first-order valence-corrected chi connectivity index (χ1v) is 7.33. The van der Waals surface area contributed by atoms with E-state index in [1.54, 1.807) is 36.7 Å². The first-order valence-electron chi connectivity index (χ1n) is 7.33. The van der Waals surface area contributed by atoms with E-state index in [9.17, 15) is 4.79 Å². The van der Waals surface area contributed by atoms with Gasteiger partial charge in [-0.05, 0) is 30.3 Å². The van der Waals surface area contributed by atoms with Crippen LogP contribution in [0.2, 0.25) is 0 Å². The zero-order valence-corrected chi connectivity index (χ0v) is 12.6. The van der Waals surface area contributed by atoms with Crippen molar-refractivity contribution in [1.82, 2.24) is 9.55 Å². The van der Waals surface area contributed by atoms with Gasteiger partial charge in [-0.1, -0.05) is 0 Å². The number of aryl methyl sites for hydroxylation is 1.